The van der Waals surface area contributed by atoms with Gasteiger partial charge >= 0.3 is 0 Å². The summed E-state index contributed by atoms with van der Waals surface area (Å²) >= 11 is 6.17. The lowest BCUT2D eigenvalue weighted by molar-refractivity contribution is 0.399. The van der Waals surface area contributed by atoms with Gasteiger partial charge in [-0.2, -0.15) is 0 Å². The zero-order valence-electron chi connectivity index (χ0n) is 10.6. The van der Waals surface area contributed by atoms with E-state index >= 15 is 0 Å². The molecule has 1 saturated carbocycles. The fourth-order valence-electron chi connectivity index (χ4n) is 3.15. The van der Waals surface area contributed by atoms with Gasteiger partial charge in [-0.1, -0.05) is 30.2 Å². The Balaban J connectivity index is 1.96. The van der Waals surface area contributed by atoms with Gasteiger partial charge in [-0.3, -0.25) is 0 Å². The van der Waals surface area contributed by atoms with Crippen molar-refractivity contribution in [3.8, 4) is 0 Å². The first-order valence-corrected chi connectivity index (χ1v) is 7.00. The van der Waals surface area contributed by atoms with Gasteiger partial charge in [0, 0.05) is 11.3 Å². The summed E-state index contributed by atoms with van der Waals surface area (Å²) in [5, 5.41) is 5.12. The number of rotatable bonds is 3. The van der Waals surface area contributed by atoms with Crippen LogP contribution in [0, 0.1) is 5.92 Å². The Hall–Kier alpha value is -0.990. The molecule has 2 aromatic rings. The van der Waals surface area contributed by atoms with Gasteiger partial charge in [0.1, 0.15) is 5.76 Å². The summed E-state index contributed by atoms with van der Waals surface area (Å²) in [6.07, 6.45) is 3.81. The summed E-state index contributed by atoms with van der Waals surface area (Å²) in [6.45, 7) is 1.06. The minimum Gasteiger partial charge on any atom is -0.459 e. The quantitative estimate of drug-likeness (QED) is 0.898. The highest BCUT2D eigenvalue weighted by Crippen LogP contribution is 2.41. The Morgan fingerprint density at radius 1 is 1.39 bits per heavy atom. The van der Waals surface area contributed by atoms with Gasteiger partial charge < -0.3 is 9.73 Å². The standard InChI is InChI=1S/C15H18ClNO/c1-17-9-11-5-2-6-12(11)14-8-10-4-3-7-13(16)15(10)18-14/h3-4,7-8,11-12,17H,2,5-6,9H2,1H3. The lowest BCUT2D eigenvalue weighted by atomic mass is 9.93. The van der Waals surface area contributed by atoms with Crippen LogP contribution in [0.3, 0.4) is 0 Å². The van der Waals surface area contributed by atoms with E-state index in [9.17, 15) is 0 Å². The molecule has 1 aromatic carbocycles. The second kappa shape index (κ2) is 4.94. The van der Waals surface area contributed by atoms with Crippen LogP contribution in [0.15, 0.2) is 28.7 Å². The first-order chi connectivity index (χ1) is 8.79. The summed E-state index contributed by atoms with van der Waals surface area (Å²) < 4.78 is 6.00. The van der Waals surface area contributed by atoms with E-state index in [1.54, 1.807) is 0 Å². The molecule has 1 aliphatic rings. The highest BCUT2D eigenvalue weighted by atomic mass is 35.5. The number of fused-ring (bicyclic) bond motifs is 1. The largest absolute Gasteiger partial charge is 0.459 e. The van der Waals surface area contributed by atoms with Crippen LogP contribution < -0.4 is 5.32 Å². The van der Waals surface area contributed by atoms with Crippen molar-refractivity contribution >= 4 is 22.6 Å². The van der Waals surface area contributed by atoms with Gasteiger partial charge in [0.25, 0.3) is 0 Å². The smallest absolute Gasteiger partial charge is 0.152 e. The van der Waals surface area contributed by atoms with Crippen LogP contribution in [-0.2, 0) is 0 Å². The van der Waals surface area contributed by atoms with Crippen molar-refractivity contribution in [1.82, 2.24) is 5.32 Å². The highest BCUT2D eigenvalue weighted by Gasteiger charge is 2.30. The van der Waals surface area contributed by atoms with Crippen LogP contribution in [0.1, 0.15) is 30.9 Å². The highest BCUT2D eigenvalue weighted by molar-refractivity contribution is 6.34. The van der Waals surface area contributed by atoms with Crippen LogP contribution in [0.2, 0.25) is 5.02 Å². The third kappa shape index (κ3) is 2.04. The van der Waals surface area contributed by atoms with Crippen molar-refractivity contribution in [2.45, 2.75) is 25.2 Å². The molecule has 0 bridgehead atoms. The van der Waals surface area contributed by atoms with Gasteiger partial charge in [-0.25, -0.2) is 0 Å². The van der Waals surface area contributed by atoms with Crippen LogP contribution in [-0.4, -0.2) is 13.6 Å². The van der Waals surface area contributed by atoms with E-state index < -0.39 is 0 Å². The molecule has 96 valence electrons. The molecule has 1 fully saturated rings. The summed E-state index contributed by atoms with van der Waals surface area (Å²) in [7, 11) is 2.02. The van der Waals surface area contributed by atoms with Crippen LogP contribution >= 0.6 is 11.6 Å². The lowest BCUT2D eigenvalue weighted by Gasteiger charge is -2.16. The fourth-order valence-corrected chi connectivity index (χ4v) is 3.37. The fraction of sp³-hybridized carbons (Fsp3) is 0.467. The molecule has 0 amide bonds. The molecule has 2 nitrogen and oxygen atoms in total. The number of benzene rings is 1. The van der Waals surface area contributed by atoms with Gasteiger partial charge in [-0.05, 0) is 44.5 Å². The third-order valence-corrected chi connectivity index (χ3v) is 4.30. The summed E-state index contributed by atoms with van der Waals surface area (Å²) in [5.41, 5.74) is 0.837. The van der Waals surface area contributed by atoms with Crippen LogP contribution in [0.4, 0.5) is 0 Å². The molecule has 0 spiro atoms. The monoisotopic (exact) mass is 263 g/mol. The maximum absolute atomic E-state index is 6.17. The average molecular weight is 264 g/mol. The topological polar surface area (TPSA) is 25.2 Å². The van der Waals surface area contributed by atoms with E-state index in [0.717, 1.165) is 23.3 Å². The molecule has 3 rings (SSSR count). The molecule has 2 unspecified atom stereocenters. The minimum atomic E-state index is 0.543. The average Bonchev–Trinajstić information content (AvgIpc) is 2.95. The van der Waals surface area contributed by atoms with Crippen molar-refractivity contribution in [2.24, 2.45) is 5.92 Å². The molecule has 1 aromatic heterocycles. The zero-order valence-corrected chi connectivity index (χ0v) is 11.3. The van der Waals surface area contributed by atoms with E-state index in [4.69, 9.17) is 16.0 Å². The molecule has 3 heteroatoms. The number of furan rings is 1. The van der Waals surface area contributed by atoms with Crippen LogP contribution in [0.25, 0.3) is 11.0 Å². The maximum atomic E-state index is 6.17. The third-order valence-electron chi connectivity index (χ3n) is 4.01. The summed E-state index contributed by atoms with van der Waals surface area (Å²) in [4.78, 5) is 0. The van der Waals surface area contributed by atoms with Gasteiger partial charge in [0.15, 0.2) is 5.58 Å². The van der Waals surface area contributed by atoms with Crippen molar-refractivity contribution in [2.75, 3.05) is 13.6 Å². The second-order valence-corrected chi connectivity index (χ2v) is 5.57. The van der Waals surface area contributed by atoms with Crippen molar-refractivity contribution < 1.29 is 4.42 Å². The van der Waals surface area contributed by atoms with E-state index in [1.807, 2.05) is 19.2 Å². The van der Waals surface area contributed by atoms with E-state index in [1.165, 1.54) is 19.3 Å². The Bertz CT molecular complexity index is 548. The number of halogens is 1. The molecular formula is C15H18ClNO. The SMILES string of the molecule is CNCC1CCCC1c1cc2cccc(Cl)c2o1. The van der Waals surface area contributed by atoms with Crippen molar-refractivity contribution in [3.63, 3.8) is 0 Å². The van der Waals surface area contributed by atoms with E-state index in [2.05, 4.69) is 17.4 Å². The predicted molar refractivity (Wildman–Crippen MR) is 75.2 cm³/mol. The molecule has 0 saturated heterocycles. The number of hydrogen-bond acceptors (Lipinski definition) is 2. The Kier molecular flexibility index (Phi) is 3.31. The molecule has 18 heavy (non-hydrogen) atoms. The summed E-state index contributed by atoms with van der Waals surface area (Å²) in [6, 6.07) is 8.09. The number of hydrogen-bond donors (Lipinski definition) is 1. The summed E-state index contributed by atoms with van der Waals surface area (Å²) in [5.74, 6) is 2.34. The molecule has 1 aliphatic carbocycles. The minimum absolute atomic E-state index is 0.543. The number of para-hydroxylation sites is 1. The normalized spacial score (nSPS) is 23.9. The molecular weight excluding hydrogens is 246 g/mol. The van der Waals surface area contributed by atoms with E-state index in [-0.39, 0.29) is 0 Å². The lowest BCUT2D eigenvalue weighted by Crippen LogP contribution is -2.20. The van der Waals surface area contributed by atoms with Crippen LogP contribution in [0.5, 0.6) is 0 Å². The molecule has 0 radical (unpaired) electrons. The first-order valence-electron chi connectivity index (χ1n) is 6.62. The van der Waals surface area contributed by atoms with E-state index in [0.29, 0.717) is 16.9 Å². The predicted octanol–water partition coefficient (Wildman–Crippen LogP) is 4.19. The molecule has 2 atom stereocenters. The Morgan fingerprint density at radius 2 is 2.28 bits per heavy atom. The molecule has 1 heterocycles. The van der Waals surface area contributed by atoms with Gasteiger partial charge in [0.05, 0.1) is 5.02 Å². The zero-order chi connectivity index (χ0) is 12.5. The molecule has 0 aliphatic heterocycles. The van der Waals surface area contributed by atoms with Crippen molar-refractivity contribution in [3.05, 3.63) is 35.0 Å². The number of nitrogens with one attached hydrogen (secondary N) is 1. The van der Waals surface area contributed by atoms with Gasteiger partial charge in [-0.15, -0.1) is 0 Å². The first kappa shape index (κ1) is 12.1. The Labute approximate surface area is 112 Å². The van der Waals surface area contributed by atoms with Crippen molar-refractivity contribution in [1.29, 1.82) is 0 Å². The Morgan fingerprint density at radius 3 is 3.06 bits per heavy atom. The maximum Gasteiger partial charge on any atom is 0.152 e. The molecule has 1 N–H and O–H groups in total. The van der Waals surface area contributed by atoms with Gasteiger partial charge in [0.2, 0.25) is 0 Å². The second-order valence-electron chi connectivity index (χ2n) is 5.16.